The van der Waals surface area contributed by atoms with Crippen LogP contribution in [0.1, 0.15) is 62.9 Å². The maximum atomic E-state index is 13.5. The minimum Gasteiger partial charge on any atom is -0.475 e. The van der Waals surface area contributed by atoms with Crippen molar-refractivity contribution >= 4 is 17.7 Å². The molecule has 1 N–H and O–H groups in total. The fourth-order valence-electron chi connectivity index (χ4n) is 7.50. The topological polar surface area (TPSA) is 76.8 Å². The minimum atomic E-state index is -0.158. The lowest BCUT2D eigenvalue weighted by Crippen LogP contribution is -2.55. The molecular formula is C29H39N3O4S. The summed E-state index contributed by atoms with van der Waals surface area (Å²) in [6, 6.07) is 10.3. The summed E-state index contributed by atoms with van der Waals surface area (Å²) in [4.78, 5) is 17.6. The number of benzene rings is 1. The molecule has 2 atom stereocenters. The van der Waals surface area contributed by atoms with Gasteiger partial charge in [-0.1, -0.05) is 30.0 Å². The number of carbonyl (C=O) groups excluding carboxylic acids is 1. The predicted molar refractivity (Wildman–Crippen MR) is 142 cm³/mol. The fraction of sp³-hybridized carbons (Fsp3) is 0.655. The highest BCUT2D eigenvalue weighted by molar-refractivity contribution is 7.99. The van der Waals surface area contributed by atoms with Gasteiger partial charge in [0.25, 0.3) is 11.8 Å². The van der Waals surface area contributed by atoms with Crippen LogP contribution in [-0.2, 0) is 4.74 Å². The highest BCUT2D eigenvalue weighted by Crippen LogP contribution is 2.53. The van der Waals surface area contributed by atoms with E-state index in [2.05, 4.69) is 29.2 Å². The van der Waals surface area contributed by atoms with Crippen LogP contribution in [-0.4, -0.2) is 60.5 Å². The van der Waals surface area contributed by atoms with Gasteiger partial charge in [0.2, 0.25) is 5.76 Å². The van der Waals surface area contributed by atoms with Crippen LogP contribution in [0.5, 0.6) is 5.88 Å². The normalized spacial score (nSPS) is 33.0. The molecule has 4 saturated carbocycles. The van der Waals surface area contributed by atoms with Gasteiger partial charge in [0.1, 0.15) is 4.90 Å². The van der Waals surface area contributed by atoms with E-state index in [-0.39, 0.29) is 29.9 Å². The number of carbonyl (C=O) groups is 1. The minimum absolute atomic E-state index is 0.158. The Balaban J connectivity index is 1.12. The lowest BCUT2D eigenvalue weighted by atomic mass is 9.54. The van der Waals surface area contributed by atoms with Crippen LogP contribution in [0.3, 0.4) is 0 Å². The maximum absolute atomic E-state index is 13.5. The van der Waals surface area contributed by atoms with E-state index in [0.29, 0.717) is 29.2 Å². The first-order chi connectivity index (χ1) is 18.0. The van der Waals surface area contributed by atoms with Crippen molar-refractivity contribution in [2.24, 2.45) is 23.7 Å². The second-order valence-corrected chi connectivity index (χ2v) is 12.8. The molecule has 2 heterocycles. The summed E-state index contributed by atoms with van der Waals surface area (Å²) in [5, 5.41) is 7.59. The first-order valence-electron chi connectivity index (χ1n) is 14.1. The van der Waals surface area contributed by atoms with Crippen molar-refractivity contribution < 1.29 is 18.8 Å². The Kier molecular flexibility index (Phi) is 7.50. The summed E-state index contributed by atoms with van der Waals surface area (Å²) in [6.45, 7) is 7.59. The van der Waals surface area contributed by atoms with Crippen molar-refractivity contribution in [3.05, 3.63) is 36.1 Å². The van der Waals surface area contributed by atoms with E-state index in [1.165, 1.54) is 43.9 Å². The zero-order valence-electron chi connectivity index (χ0n) is 21.9. The molecule has 5 aliphatic rings. The summed E-state index contributed by atoms with van der Waals surface area (Å²) in [5.41, 5.74) is 0. The van der Waals surface area contributed by atoms with Crippen molar-refractivity contribution in [1.29, 1.82) is 0 Å². The van der Waals surface area contributed by atoms with Gasteiger partial charge in [0, 0.05) is 30.6 Å². The molecular weight excluding hydrogens is 486 g/mol. The van der Waals surface area contributed by atoms with Crippen molar-refractivity contribution in [3.63, 3.8) is 0 Å². The molecule has 1 saturated heterocycles. The summed E-state index contributed by atoms with van der Waals surface area (Å²) < 4.78 is 17.6. The van der Waals surface area contributed by atoms with E-state index in [4.69, 9.17) is 14.0 Å². The van der Waals surface area contributed by atoms with Crippen molar-refractivity contribution in [2.45, 2.75) is 80.4 Å². The number of nitrogens with zero attached hydrogens (tertiary/aromatic N) is 2. The van der Waals surface area contributed by atoms with Crippen LogP contribution in [0.25, 0.3) is 0 Å². The summed E-state index contributed by atoms with van der Waals surface area (Å²) in [7, 11) is 0. The second kappa shape index (κ2) is 11.0. The molecule has 7 rings (SSSR count). The molecule has 4 aliphatic carbocycles. The van der Waals surface area contributed by atoms with Crippen molar-refractivity contribution in [2.75, 3.05) is 26.2 Å². The number of hydrogen-bond acceptors (Lipinski definition) is 7. The zero-order valence-corrected chi connectivity index (χ0v) is 22.8. The quantitative estimate of drug-likeness (QED) is 0.448. The smallest absolute Gasteiger partial charge is 0.291 e. The largest absolute Gasteiger partial charge is 0.475 e. The lowest BCUT2D eigenvalue weighted by molar-refractivity contribution is -0.0686. The fourth-order valence-corrected chi connectivity index (χ4v) is 8.44. The predicted octanol–water partition coefficient (Wildman–Crippen LogP) is 5.26. The van der Waals surface area contributed by atoms with Crippen LogP contribution in [0.4, 0.5) is 0 Å². The summed E-state index contributed by atoms with van der Waals surface area (Å²) in [6.07, 6.45) is 7.82. The molecule has 0 spiro atoms. The van der Waals surface area contributed by atoms with Crippen LogP contribution in [0.2, 0.25) is 0 Å². The molecule has 0 radical (unpaired) electrons. The van der Waals surface area contributed by atoms with Crippen LogP contribution in [0.15, 0.2) is 44.6 Å². The SMILES string of the molecule is C[C@@H]1CN(CCCOc2noc(C(=O)NC3C4CC5CC(C4)CC3C5)c2Sc2ccccc2)C[C@H](C)O1. The number of hydrogen-bond donors (Lipinski definition) is 1. The first kappa shape index (κ1) is 25.3. The molecule has 8 heteroatoms. The van der Waals surface area contributed by atoms with Gasteiger partial charge in [0.15, 0.2) is 0 Å². The Labute approximate surface area is 224 Å². The third kappa shape index (κ3) is 5.71. The van der Waals surface area contributed by atoms with Crippen molar-refractivity contribution in [3.8, 4) is 5.88 Å². The van der Waals surface area contributed by atoms with Gasteiger partial charge in [0.05, 0.1) is 18.8 Å². The summed E-state index contributed by atoms with van der Waals surface area (Å²) in [5.74, 6) is 3.48. The average molecular weight is 526 g/mol. The Morgan fingerprint density at radius 1 is 1.05 bits per heavy atom. The molecule has 37 heavy (non-hydrogen) atoms. The number of aromatic nitrogens is 1. The third-order valence-electron chi connectivity index (χ3n) is 8.67. The van der Waals surface area contributed by atoms with E-state index in [1.54, 1.807) is 0 Å². The molecule has 1 aromatic heterocycles. The molecule has 5 fully saturated rings. The average Bonchev–Trinajstić information content (AvgIpc) is 3.26. The van der Waals surface area contributed by atoms with E-state index in [1.807, 2.05) is 30.3 Å². The van der Waals surface area contributed by atoms with Crippen LogP contribution < -0.4 is 10.1 Å². The second-order valence-electron chi connectivity index (χ2n) is 11.7. The molecule has 1 amide bonds. The molecule has 200 valence electrons. The molecule has 1 aliphatic heterocycles. The van der Waals surface area contributed by atoms with Crippen molar-refractivity contribution in [1.82, 2.24) is 15.4 Å². The van der Waals surface area contributed by atoms with Gasteiger partial charge in [-0.2, -0.15) is 0 Å². The van der Waals surface area contributed by atoms with E-state index in [0.717, 1.165) is 42.8 Å². The Hall–Kier alpha value is -2.03. The number of amides is 1. The summed E-state index contributed by atoms with van der Waals surface area (Å²) >= 11 is 1.48. The van der Waals surface area contributed by atoms with Gasteiger partial charge in [-0.25, -0.2) is 0 Å². The zero-order chi connectivity index (χ0) is 25.4. The Bertz CT molecular complexity index is 1040. The molecule has 0 unspecified atom stereocenters. The number of morpholine rings is 1. The van der Waals surface area contributed by atoms with Gasteiger partial charge in [-0.05, 0) is 93.3 Å². The monoisotopic (exact) mass is 525 g/mol. The standard InChI is InChI=1S/C29H39N3O4S/c1-18-16-32(17-19(2)35-18)9-6-10-34-29-27(37-24-7-4-3-5-8-24)26(36-31-29)28(33)30-25-22-12-20-11-21(14-22)15-23(25)13-20/h3-5,7-8,18-23,25H,6,9-17H2,1-2H3,(H,30,33)/t18-,19+,20?,21?,22?,23?,25?. The van der Waals surface area contributed by atoms with Gasteiger partial charge >= 0.3 is 0 Å². The molecule has 1 aromatic carbocycles. The van der Waals surface area contributed by atoms with Crippen LogP contribution >= 0.6 is 11.8 Å². The number of ether oxygens (including phenoxy) is 2. The number of nitrogens with one attached hydrogen (secondary N) is 1. The molecule has 7 nitrogen and oxygen atoms in total. The Morgan fingerprint density at radius 3 is 2.41 bits per heavy atom. The highest BCUT2D eigenvalue weighted by Gasteiger charge is 2.49. The van der Waals surface area contributed by atoms with Gasteiger partial charge in [-0.3, -0.25) is 9.69 Å². The maximum Gasteiger partial charge on any atom is 0.291 e. The lowest BCUT2D eigenvalue weighted by Gasteiger charge is -2.54. The molecule has 2 aromatic rings. The third-order valence-corrected chi connectivity index (χ3v) is 9.74. The van der Waals surface area contributed by atoms with E-state index < -0.39 is 0 Å². The first-order valence-corrected chi connectivity index (χ1v) is 14.9. The van der Waals surface area contributed by atoms with E-state index in [9.17, 15) is 4.79 Å². The van der Waals surface area contributed by atoms with Crippen LogP contribution in [0, 0.1) is 23.7 Å². The molecule has 4 bridgehead atoms. The van der Waals surface area contributed by atoms with Gasteiger partial charge in [-0.15, -0.1) is 0 Å². The van der Waals surface area contributed by atoms with E-state index >= 15 is 0 Å². The number of rotatable bonds is 9. The Morgan fingerprint density at radius 2 is 1.73 bits per heavy atom. The highest BCUT2D eigenvalue weighted by atomic mass is 32.2. The van der Waals surface area contributed by atoms with Gasteiger partial charge < -0.3 is 19.3 Å².